The van der Waals surface area contributed by atoms with Crippen molar-refractivity contribution in [3.05, 3.63) is 84.2 Å². The second kappa shape index (κ2) is 9.28. The van der Waals surface area contributed by atoms with E-state index in [-0.39, 0.29) is 11.9 Å². The van der Waals surface area contributed by atoms with Gasteiger partial charge in [0.1, 0.15) is 0 Å². The normalized spacial score (nSPS) is 16.3. The Bertz CT molecular complexity index is 956. The molecule has 1 aliphatic rings. The zero-order valence-corrected chi connectivity index (χ0v) is 17.8. The highest BCUT2D eigenvalue weighted by Gasteiger charge is 2.26. The highest BCUT2D eigenvalue weighted by molar-refractivity contribution is 5.94. The Balaban J connectivity index is 1.44. The highest BCUT2D eigenvalue weighted by atomic mass is 16.1. The lowest BCUT2D eigenvalue weighted by Gasteiger charge is -2.38. The fraction of sp³-hybridized carbons (Fsp3) is 0.320. The number of carbonyl (C=O) groups is 1. The highest BCUT2D eigenvalue weighted by Crippen LogP contribution is 2.22. The summed E-state index contributed by atoms with van der Waals surface area (Å²) in [5, 5.41) is 3.17. The molecular weight excluding hydrogens is 372 g/mol. The van der Waals surface area contributed by atoms with Crippen LogP contribution in [0.2, 0.25) is 0 Å². The summed E-state index contributed by atoms with van der Waals surface area (Å²) < 4.78 is 2.16. The monoisotopic (exact) mass is 402 g/mol. The van der Waals surface area contributed by atoms with E-state index in [9.17, 15) is 4.79 Å². The molecule has 0 saturated carbocycles. The van der Waals surface area contributed by atoms with Crippen molar-refractivity contribution in [1.82, 2.24) is 19.7 Å². The number of benzene rings is 2. The van der Waals surface area contributed by atoms with E-state index in [4.69, 9.17) is 0 Å². The summed E-state index contributed by atoms with van der Waals surface area (Å²) in [5.74, 6) is -0.0250. The zero-order chi connectivity index (χ0) is 20.9. The van der Waals surface area contributed by atoms with E-state index in [0.717, 1.165) is 37.3 Å². The molecule has 4 rings (SSSR count). The summed E-state index contributed by atoms with van der Waals surface area (Å²) >= 11 is 0. The molecule has 1 saturated heterocycles. The zero-order valence-electron chi connectivity index (χ0n) is 17.8. The molecule has 2 heterocycles. The molecule has 1 amide bonds. The molecule has 0 bridgehead atoms. The predicted octanol–water partition coefficient (Wildman–Crippen LogP) is 3.41. The average Bonchev–Trinajstić information content (AvgIpc) is 3.21. The van der Waals surface area contributed by atoms with Gasteiger partial charge in [-0.25, -0.2) is 0 Å². The van der Waals surface area contributed by atoms with Gasteiger partial charge >= 0.3 is 0 Å². The Morgan fingerprint density at radius 3 is 2.17 bits per heavy atom. The van der Waals surface area contributed by atoms with E-state index in [1.807, 2.05) is 42.5 Å². The molecule has 1 aromatic heterocycles. The Morgan fingerprint density at radius 2 is 1.53 bits per heavy atom. The van der Waals surface area contributed by atoms with Crippen LogP contribution in [0.15, 0.2) is 72.9 Å². The van der Waals surface area contributed by atoms with Crippen LogP contribution >= 0.6 is 0 Å². The number of aryl methyl sites for hydroxylation is 1. The molecule has 1 fully saturated rings. The van der Waals surface area contributed by atoms with Crippen LogP contribution in [0.25, 0.3) is 11.1 Å². The molecule has 1 unspecified atom stereocenters. The molecule has 3 aromatic rings. The Labute approximate surface area is 178 Å². The number of likely N-dealkylation sites (N-methyl/N-ethyl adjacent to an activating group) is 1. The van der Waals surface area contributed by atoms with Crippen molar-refractivity contribution in [2.75, 3.05) is 39.8 Å². The van der Waals surface area contributed by atoms with Gasteiger partial charge in [0.15, 0.2) is 0 Å². The van der Waals surface area contributed by atoms with Crippen LogP contribution in [-0.2, 0) is 7.05 Å². The summed E-state index contributed by atoms with van der Waals surface area (Å²) in [4.78, 5) is 17.7. The van der Waals surface area contributed by atoms with Crippen LogP contribution < -0.4 is 5.32 Å². The topological polar surface area (TPSA) is 40.5 Å². The molecule has 156 valence electrons. The Morgan fingerprint density at radius 1 is 0.867 bits per heavy atom. The van der Waals surface area contributed by atoms with Crippen LogP contribution in [-0.4, -0.2) is 60.0 Å². The van der Waals surface area contributed by atoms with Gasteiger partial charge in [0, 0.05) is 57.2 Å². The van der Waals surface area contributed by atoms with Gasteiger partial charge in [-0.1, -0.05) is 42.5 Å². The number of aromatic nitrogens is 1. The number of piperazine rings is 1. The largest absolute Gasteiger partial charge is 0.353 e. The number of rotatable bonds is 6. The van der Waals surface area contributed by atoms with Gasteiger partial charge in [-0.15, -0.1) is 0 Å². The lowest BCUT2D eigenvalue weighted by Crippen LogP contribution is -2.48. The number of nitrogens with one attached hydrogen (secondary N) is 1. The molecular formula is C25H30N4O. The van der Waals surface area contributed by atoms with Gasteiger partial charge in [-0.05, 0) is 42.4 Å². The Hall–Kier alpha value is -2.89. The SMILES string of the molecule is CN1CCN(C(CNC(=O)c2ccc(-c3ccccc3)cc2)c2cccn2C)CC1. The van der Waals surface area contributed by atoms with Crippen molar-refractivity contribution in [2.24, 2.45) is 7.05 Å². The fourth-order valence-corrected chi connectivity index (χ4v) is 4.11. The number of amides is 1. The van der Waals surface area contributed by atoms with Gasteiger partial charge in [-0.2, -0.15) is 0 Å². The van der Waals surface area contributed by atoms with Crippen LogP contribution in [0.3, 0.4) is 0 Å². The summed E-state index contributed by atoms with van der Waals surface area (Å²) in [7, 11) is 4.23. The molecule has 1 N–H and O–H groups in total. The summed E-state index contributed by atoms with van der Waals surface area (Å²) in [6.07, 6.45) is 2.07. The average molecular weight is 403 g/mol. The van der Waals surface area contributed by atoms with Gasteiger partial charge in [0.05, 0.1) is 6.04 Å². The van der Waals surface area contributed by atoms with Crippen molar-refractivity contribution in [2.45, 2.75) is 6.04 Å². The molecule has 5 nitrogen and oxygen atoms in total. The Kier molecular flexibility index (Phi) is 6.31. The third-order valence-electron chi connectivity index (χ3n) is 6.01. The molecule has 0 aliphatic carbocycles. The van der Waals surface area contributed by atoms with Crippen molar-refractivity contribution in [3.63, 3.8) is 0 Å². The summed E-state index contributed by atoms with van der Waals surface area (Å²) in [5.41, 5.74) is 4.20. The second-order valence-electron chi connectivity index (χ2n) is 8.05. The van der Waals surface area contributed by atoms with E-state index in [1.54, 1.807) is 0 Å². The summed E-state index contributed by atoms with van der Waals surface area (Å²) in [6, 6.07) is 22.5. The molecule has 0 spiro atoms. The first-order valence-electron chi connectivity index (χ1n) is 10.6. The van der Waals surface area contributed by atoms with Crippen molar-refractivity contribution in [1.29, 1.82) is 0 Å². The first-order valence-corrected chi connectivity index (χ1v) is 10.6. The smallest absolute Gasteiger partial charge is 0.251 e. The number of hydrogen-bond acceptors (Lipinski definition) is 3. The third kappa shape index (κ3) is 4.64. The first kappa shape index (κ1) is 20.4. The van der Waals surface area contributed by atoms with Crippen molar-refractivity contribution < 1.29 is 4.79 Å². The standard InChI is InChI=1S/C25H30N4O/c1-27-15-17-29(18-16-27)24(23-9-6-14-28(23)2)19-26-25(30)22-12-10-21(11-13-22)20-7-4-3-5-8-20/h3-14,24H,15-19H2,1-2H3,(H,26,30). The maximum absolute atomic E-state index is 12.8. The van der Waals surface area contributed by atoms with Crippen molar-refractivity contribution in [3.8, 4) is 11.1 Å². The molecule has 2 aromatic carbocycles. The maximum atomic E-state index is 12.8. The molecule has 0 radical (unpaired) electrons. The van der Waals surface area contributed by atoms with E-state index in [1.165, 1.54) is 5.69 Å². The van der Waals surface area contributed by atoms with E-state index >= 15 is 0 Å². The lowest BCUT2D eigenvalue weighted by atomic mass is 10.0. The third-order valence-corrected chi connectivity index (χ3v) is 6.01. The minimum atomic E-state index is -0.0250. The number of hydrogen-bond donors (Lipinski definition) is 1. The minimum absolute atomic E-state index is 0.0250. The van der Waals surface area contributed by atoms with E-state index in [2.05, 4.69) is 64.2 Å². The number of carbonyl (C=O) groups excluding carboxylic acids is 1. The van der Waals surface area contributed by atoms with E-state index in [0.29, 0.717) is 12.1 Å². The second-order valence-corrected chi connectivity index (χ2v) is 8.05. The predicted molar refractivity (Wildman–Crippen MR) is 121 cm³/mol. The summed E-state index contributed by atoms with van der Waals surface area (Å²) in [6.45, 7) is 4.72. The lowest BCUT2D eigenvalue weighted by molar-refractivity contribution is 0.0877. The molecule has 30 heavy (non-hydrogen) atoms. The van der Waals surface area contributed by atoms with Gasteiger partial charge in [-0.3, -0.25) is 9.69 Å². The number of nitrogens with zero attached hydrogens (tertiary/aromatic N) is 3. The quantitative estimate of drug-likeness (QED) is 0.687. The molecule has 5 heteroatoms. The van der Waals surface area contributed by atoms with Gasteiger partial charge in [0.2, 0.25) is 0 Å². The van der Waals surface area contributed by atoms with Crippen LogP contribution in [0, 0.1) is 0 Å². The van der Waals surface area contributed by atoms with Crippen LogP contribution in [0.4, 0.5) is 0 Å². The minimum Gasteiger partial charge on any atom is -0.353 e. The molecule has 1 aliphatic heterocycles. The van der Waals surface area contributed by atoms with Gasteiger partial charge in [0.25, 0.3) is 5.91 Å². The maximum Gasteiger partial charge on any atom is 0.251 e. The van der Waals surface area contributed by atoms with Crippen molar-refractivity contribution >= 4 is 5.91 Å². The van der Waals surface area contributed by atoms with Crippen LogP contribution in [0.5, 0.6) is 0 Å². The van der Waals surface area contributed by atoms with Crippen LogP contribution in [0.1, 0.15) is 22.1 Å². The molecule has 1 atom stereocenters. The van der Waals surface area contributed by atoms with Gasteiger partial charge < -0.3 is 14.8 Å². The first-order chi connectivity index (χ1) is 14.6. The fourth-order valence-electron chi connectivity index (χ4n) is 4.11. The van der Waals surface area contributed by atoms with E-state index < -0.39 is 0 Å².